The van der Waals surface area contributed by atoms with Gasteiger partial charge in [-0.3, -0.25) is 0 Å². The number of esters is 1. The third kappa shape index (κ3) is 2.12. The van der Waals surface area contributed by atoms with Gasteiger partial charge in [0, 0.05) is 17.8 Å². The smallest absolute Gasteiger partial charge is 0.339 e. The van der Waals surface area contributed by atoms with Gasteiger partial charge in [0.2, 0.25) is 0 Å². The minimum Gasteiger partial charge on any atom is -0.463 e. The molecular weight excluding hydrogens is 242 g/mol. The van der Waals surface area contributed by atoms with Gasteiger partial charge < -0.3 is 13.7 Å². The number of carbonyl (C=O) groups excluding carboxylic acids is 1. The number of benzene rings is 1. The van der Waals surface area contributed by atoms with E-state index in [1.54, 1.807) is 18.4 Å². The Balaban J connectivity index is 1.78. The van der Waals surface area contributed by atoms with E-state index in [1.165, 1.54) is 0 Å². The van der Waals surface area contributed by atoms with Gasteiger partial charge in [0.1, 0.15) is 0 Å². The first-order chi connectivity index (χ1) is 9.25. The van der Waals surface area contributed by atoms with Crippen LogP contribution in [0.25, 0.3) is 11.1 Å². The van der Waals surface area contributed by atoms with Crippen LogP contribution in [0.1, 0.15) is 16.1 Å². The van der Waals surface area contributed by atoms with Crippen LogP contribution in [-0.4, -0.2) is 10.5 Å². The summed E-state index contributed by atoms with van der Waals surface area (Å²) >= 11 is 0. The molecule has 0 fully saturated rings. The van der Waals surface area contributed by atoms with Crippen LogP contribution in [0.2, 0.25) is 0 Å². The van der Waals surface area contributed by atoms with E-state index < -0.39 is 0 Å². The first kappa shape index (κ1) is 11.6. The van der Waals surface area contributed by atoms with Crippen molar-refractivity contribution in [2.75, 3.05) is 0 Å². The van der Waals surface area contributed by atoms with Crippen molar-refractivity contribution < 1.29 is 13.9 Å². The van der Waals surface area contributed by atoms with E-state index in [1.807, 2.05) is 41.8 Å². The molecule has 0 saturated heterocycles. The van der Waals surface area contributed by atoms with Crippen LogP contribution in [0.4, 0.5) is 0 Å². The summed E-state index contributed by atoms with van der Waals surface area (Å²) in [6, 6.07) is 12.7. The number of rotatable bonds is 3. The Bertz CT molecular complexity index is 709. The highest BCUT2D eigenvalue weighted by Gasteiger charge is 2.11. The van der Waals surface area contributed by atoms with Gasteiger partial charge in [-0.15, -0.1) is 0 Å². The van der Waals surface area contributed by atoms with E-state index >= 15 is 0 Å². The van der Waals surface area contributed by atoms with E-state index in [-0.39, 0.29) is 12.7 Å². The molecule has 0 atom stereocenters. The molecule has 0 spiro atoms. The zero-order chi connectivity index (χ0) is 13.2. The molecular formula is C15H13NO3. The summed E-state index contributed by atoms with van der Waals surface area (Å²) < 4.78 is 12.5. The fourth-order valence-electron chi connectivity index (χ4n) is 2.05. The van der Waals surface area contributed by atoms with E-state index in [0.717, 1.165) is 16.8 Å². The minimum absolute atomic E-state index is 0.183. The molecule has 0 amide bonds. The first-order valence-corrected chi connectivity index (χ1v) is 6.01. The minimum atomic E-state index is -0.328. The number of hydrogen-bond acceptors (Lipinski definition) is 3. The Labute approximate surface area is 110 Å². The summed E-state index contributed by atoms with van der Waals surface area (Å²) in [5, 5.41) is 0. The van der Waals surface area contributed by atoms with E-state index in [9.17, 15) is 4.79 Å². The maximum absolute atomic E-state index is 11.9. The SMILES string of the molecule is Cc1cc2occc2n1COC(=O)c1ccccc1. The van der Waals surface area contributed by atoms with Gasteiger partial charge in [0.25, 0.3) is 0 Å². The largest absolute Gasteiger partial charge is 0.463 e. The predicted octanol–water partition coefficient (Wildman–Crippen LogP) is 3.36. The van der Waals surface area contributed by atoms with Crippen molar-refractivity contribution in [2.24, 2.45) is 0 Å². The van der Waals surface area contributed by atoms with Gasteiger partial charge in [-0.1, -0.05) is 18.2 Å². The summed E-state index contributed by atoms with van der Waals surface area (Å²) in [4.78, 5) is 11.9. The molecule has 0 aliphatic heterocycles. The van der Waals surface area contributed by atoms with Crippen molar-refractivity contribution in [1.82, 2.24) is 4.57 Å². The molecule has 2 heterocycles. The monoisotopic (exact) mass is 255 g/mol. The lowest BCUT2D eigenvalue weighted by Gasteiger charge is -2.08. The third-order valence-corrected chi connectivity index (χ3v) is 3.06. The topological polar surface area (TPSA) is 44.4 Å². The number of fused-ring (bicyclic) bond motifs is 1. The molecule has 1 aromatic carbocycles. The van der Waals surface area contributed by atoms with Crippen LogP contribution >= 0.6 is 0 Å². The van der Waals surface area contributed by atoms with Crippen LogP contribution in [0.15, 0.2) is 53.1 Å². The van der Waals surface area contributed by atoms with Crippen LogP contribution in [0.5, 0.6) is 0 Å². The summed E-state index contributed by atoms with van der Waals surface area (Å²) in [6.45, 7) is 2.13. The molecule has 2 aromatic heterocycles. The van der Waals surface area contributed by atoms with Crippen molar-refractivity contribution in [3.8, 4) is 0 Å². The fraction of sp³-hybridized carbons (Fsp3) is 0.133. The summed E-state index contributed by atoms with van der Waals surface area (Å²) in [6.07, 6.45) is 1.62. The molecule has 0 aliphatic rings. The highest BCUT2D eigenvalue weighted by atomic mass is 16.5. The number of nitrogens with zero attached hydrogens (tertiary/aromatic N) is 1. The molecule has 4 heteroatoms. The third-order valence-electron chi connectivity index (χ3n) is 3.06. The summed E-state index contributed by atoms with van der Waals surface area (Å²) in [5.41, 5.74) is 3.28. The Kier molecular flexibility index (Phi) is 2.83. The van der Waals surface area contributed by atoms with Crippen LogP contribution < -0.4 is 0 Å². The molecule has 0 saturated carbocycles. The maximum atomic E-state index is 11.9. The number of furan rings is 1. The number of aryl methyl sites for hydroxylation is 1. The molecule has 0 unspecified atom stereocenters. The zero-order valence-corrected chi connectivity index (χ0v) is 10.5. The lowest BCUT2D eigenvalue weighted by Crippen LogP contribution is -2.10. The highest BCUT2D eigenvalue weighted by molar-refractivity contribution is 5.89. The number of aromatic nitrogens is 1. The van der Waals surface area contributed by atoms with Crippen molar-refractivity contribution in [1.29, 1.82) is 0 Å². The summed E-state index contributed by atoms with van der Waals surface area (Å²) in [5.74, 6) is -0.328. The second-order valence-electron chi connectivity index (χ2n) is 4.31. The van der Waals surface area contributed by atoms with E-state index in [0.29, 0.717) is 5.56 Å². The predicted molar refractivity (Wildman–Crippen MR) is 70.8 cm³/mol. The van der Waals surface area contributed by atoms with Crippen LogP contribution in [0.3, 0.4) is 0 Å². The Morgan fingerprint density at radius 1 is 1.26 bits per heavy atom. The maximum Gasteiger partial charge on any atom is 0.339 e. The van der Waals surface area contributed by atoms with Gasteiger partial charge >= 0.3 is 5.97 Å². The van der Waals surface area contributed by atoms with Gasteiger partial charge in [0.05, 0.1) is 17.3 Å². The van der Waals surface area contributed by atoms with E-state index in [4.69, 9.17) is 9.15 Å². The highest BCUT2D eigenvalue weighted by Crippen LogP contribution is 2.20. The molecule has 3 aromatic rings. The number of ether oxygens (including phenoxy) is 1. The van der Waals surface area contributed by atoms with Gasteiger partial charge in [-0.25, -0.2) is 4.79 Å². The van der Waals surface area contributed by atoms with Crippen molar-refractivity contribution in [2.45, 2.75) is 13.7 Å². The fourth-order valence-corrected chi connectivity index (χ4v) is 2.05. The van der Waals surface area contributed by atoms with Crippen molar-refractivity contribution in [3.63, 3.8) is 0 Å². The molecule has 0 N–H and O–H groups in total. The normalized spacial score (nSPS) is 10.8. The lowest BCUT2D eigenvalue weighted by molar-refractivity contribution is 0.0377. The Morgan fingerprint density at radius 2 is 2.05 bits per heavy atom. The second kappa shape index (κ2) is 4.65. The number of carbonyl (C=O) groups is 1. The second-order valence-corrected chi connectivity index (χ2v) is 4.31. The standard InChI is InChI=1S/C15H13NO3/c1-11-9-14-13(7-8-18-14)16(11)10-19-15(17)12-5-3-2-4-6-12/h2-9H,10H2,1H3. The van der Waals surface area contributed by atoms with Crippen molar-refractivity contribution >= 4 is 17.1 Å². The molecule has 19 heavy (non-hydrogen) atoms. The average molecular weight is 255 g/mol. The first-order valence-electron chi connectivity index (χ1n) is 6.01. The quantitative estimate of drug-likeness (QED) is 0.674. The van der Waals surface area contributed by atoms with Gasteiger partial charge in [-0.05, 0) is 19.1 Å². The Morgan fingerprint density at radius 3 is 2.84 bits per heavy atom. The average Bonchev–Trinajstić information content (AvgIpc) is 2.98. The van der Waals surface area contributed by atoms with E-state index in [2.05, 4.69) is 0 Å². The Hall–Kier alpha value is -2.49. The van der Waals surface area contributed by atoms with Gasteiger partial charge in [0.15, 0.2) is 12.3 Å². The zero-order valence-electron chi connectivity index (χ0n) is 10.5. The molecule has 0 bridgehead atoms. The van der Waals surface area contributed by atoms with Crippen molar-refractivity contribution in [3.05, 3.63) is 60.0 Å². The van der Waals surface area contributed by atoms with Crippen LogP contribution in [-0.2, 0) is 11.5 Å². The molecule has 0 aliphatic carbocycles. The lowest BCUT2D eigenvalue weighted by atomic mass is 10.2. The molecule has 0 radical (unpaired) electrons. The number of hydrogen-bond donors (Lipinski definition) is 0. The van der Waals surface area contributed by atoms with Gasteiger partial charge in [-0.2, -0.15) is 0 Å². The molecule has 96 valence electrons. The van der Waals surface area contributed by atoms with Crippen LogP contribution in [0, 0.1) is 6.92 Å². The molecule has 3 rings (SSSR count). The summed E-state index contributed by atoms with van der Waals surface area (Å²) in [7, 11) is 0. The molecule has 4 nitrogen and oxygen atoms in total.